The summed E-state index contributed by atoms with van der Waals surface area (Å²) in [6.45, 7) is 5.78. The number of aryl methyl sites for hydroxylation is 1. The van der Waals surface area contributed by atoms with Crippen molar-refractivity contribution in [2.45, 2.75) is 32.9 Å². The number of anilines is 1. The van der Waals surface area contributed by atoms with E-state index in [0.717, 1.165) is 44.7 Å². The number of fused-ring (bicyclic) bond motifs is 1. The molecule has 1 aliphatic rings. The van der Waals surface area contributed by atoms with E-state index < -0.39 is 0 Å². The second-order valence-electron chi connectivity index (χ2n) is 7.06. The van der Waals surface area contributed by atoms with Gasteiger partial charge < -0.3 is 10.1 Å². The maximum absolute atomic E-state index is 12.6. The number of carbonyl (C=O) groups is 1. The highest BCUT2D eigenvalue weighted by atomic mass is 32.1. The summed E-state index contributed by atoms with van der Waals surface area (Å²) in [4.78, 5) is 20.9. The fraction of sp³-hybridized carbons (Fsp3) is 0.381. The van der Waals surface area contributed by atoms with E-state index in [9.17, 15) is 4.79 Å². The van der Waals surface area contributed by atoms with E-state index in [1.54, 1.807) is 13.2 Å². The summed E-state index contributed by atoms with van der Waals surface area (Å²) in [7, 11) is 1.61. The minimum atomic E-state index is -0.167. The topological polar surface area (TPSA) is 72.3 Å². The molecule has 0 fully saturated rings. The molecule has 0 spiro atoms. The lowest BCUT2D eigenvalue weighted by Gasteiger charge is -2.18. The maximum Gasteiger partial charge on any atom is 0.284 e. The van der Waals surface area contributed by atoms with Crippen LogP contribution in [0, 0.1) is 0 Å². The average molecular weight is 412 g/mol. The van der Waals surface area contributed by atoms with Gasteiger partial charge in [-0.05, 0) is 25.5 Å². The highest BCUT2D eigenvalue weighted by molar-refractivity contribution is 7.13. The summed E-state index contributed by atoms with van der Waals surface area (Å²) in [5.74, 6) is 0.544. The summed E-state index contributed by atoms with van der Waals surface area (Å²) in [6.07, 6.45) is 5.84. The number of methoxy groups -OCH3 is 1. The minimum absolute atomic E-state index is 0.167. The molecule has 0 unspecified atom stereocenters. The molecule has 0 aliphatic carbocycles. The minimum Gasteiger partial charge on any atom is -0.497 e. The molecule has 4 rings (SSSR count). The Morgan fingerprint density at radius 2 is 2.17 bits per heavy atom. The quantitative estimate of drug-likeness (QED) is 0.674. The molecule has 3 heterocycles. The van der Waals surface area contributed by atoms with E-state index in [4.69, 9.17) is 4.74 Å². The Labute approximate surface area is 174 Å². The monoisotopic (exact) mass is 411 g/mol. The van der Waals surface area contributed by atoms with Crippen LogP contribution in [0.15, 0.2) is 36.7 Å². The Hall–Kier alpha value is -2.71. The van der Waals surface area contributed by atoms with Gasteiger partial charge in [0.25, 0.3) is 5.91 Å². The van der Waals surface area contributed by atoms with Crippen LogP contribution in [0.25, 0.3) is 0 Å². The molecule has 3 aromatic rings. The number of benzene rings is 1. The standard InChI is InChI=1S/C21H25N5O2S/c1-3-26-14-15(12-22-26)13-25-9-7-18-19(8-10-25)29-21(24-18)20(27)23-16-5-4-6-17(11-16)28-2/h4-6,11-12,14H,3,7-10,13H2,1-2H3,(H,23,27). The molecule has 1 aromatic carbocycles. The predicted octanol–water partition coefficient (Wildman–Crippen LogP) is 3.22. The highest BCUT2D eigenvalue weighted by Gasteiger charge is 2.21. The number of nitrogens with zero attached hydrogens (tertiary/aromatic N) is 4. The first kappa shape index (κ1) is 19.6. The van der Waals surface area contributed by atoms with E-state index in [0.29, 0.717) is 16.4 Å². The number of aromatic nitrogens is 3. The van der Waals surface area contributed by atoms with Crippen LogP contribution >= 0.6 is 11.3 Å². The van der Waals surface area contributed by atoms with Crippen molar-refractivity contribution in [1.29, 1.82) is 0 Å². The van der Waals surface area contributed by atoms with Crippen molar-refractivity contribution < 1.29 is 9.53 Å². The van der Waals surface area contributed by atoms with Crippen molar-refractivity contribution in [3.63, 3.8) is 0 Å². The zero-order valence-electron chi connectivity index (χ0n) is 16.7. The average Bonchev–Trinajstić information content (AvgIpc) is 3.32. The molecule has 1 N–H and O–H groups in total. The molecule has 0 saturated carbocycles. The lowest BCUT2D eigenvalue weighted by molar-refractivity contribution is 0.102. The number of ether oxygens (including phenoxy) is 1. The zero-order chi connectivity index (χ0) is 20.2. The van der Waals surface area contributed by atoms with Gasteiger partial charge in [0.2, 0.25) is 0 Å². The third kappa shape index (κ3) is 4.65. The van der Waals surface area contributed by atoms with Crippen LogP contribution in [0.3, 0.4) is 0 Å². The lowest BCUT2D eigenvalue weighted by Crippen LogP contribution is -2.26. The first-order chi connectivity index (χ1) is 14.1. The second kappa shape index (κ2) is 8.75. The predicted molar refractivity (Wildman–Crippen MR) is 114 cm³/mol. The Morgan fingerprint density at radius 1 is 1.31 bits per heavy atom. The fourth-order valence-electron chi connectivity index (χ4n) is 3.47. The molecule has 0 bridgehead atoms. The van der Waals surface area contributed by atoms with Crippen LogP contribution in [-0.2, 0) is 25.9 Å². The molecule has 1 amide bonds. The second-order valence-corrected chi connectivity index (χ2v) is 8.14. The van der Waals surface area contributed by atoms with Gasteiger partial charge in [-0.3, -0.25) is 14.4 Å². The Kier molecular flexibility index (Phi) is 5.92. The number of hydrogen-bond acceptors (Lipinski definition) is 6. The number of rotatable bonds is 6. The van der Waals surface area contributed by atoms with E-state index in [2.05, 4.69) is 33.4 Å². The molecular formula is C21H25N5O2S. The smallest absolute Gasteiger partial charge is 0.284 e. The largest absolute Gasteiger partial charge is 0.497 e. The van der Waals surface area contributed by atoms with Crippen LogP contribution in [0.4, 0.5) is 5.69 Å². The fourth-order valence-corrected chi connectivity index (χ4v) is 4.46. The Bertz CT molecular complexity index is 971. The first-order valence-corrected chi connectivity index (χ1v) is 10.6. The number of nitrogens with one attached hydrogen (secondary N) is 1. The van der Waals surface area contributed by atoms with Gasteiger partial charge in [-0.2, -0.15) is 5.10 Å². The number of carbonyl (C=O) groups excluding carboxylic acids is 1. The molecular weight excluding hydrogens is 386 g/mol. The van der Waals surface area contributed by atoms with Gasteiger partial charge in [0.05, 0.1) is 19.0 Å². The molecule has 152 valence electrons. The highest BCUT2D eigenvalue weighted by Crippen LogP contribution is 2.25. The van der Waals surface area contributed by atoms with Gasteiger partial charge in [-0.25, -0.2) is 4.98 Å². The molecule has 0 saturated heterocycles. The van der Waals surface area contributed by atoms with Crippen molar-refractivity contribution in [1.82, 2.24) is 19.7 Å². The van der Waals surface area contributed by atoms with Crippen LogP contribution in [0.1, 0.15) is 32.9 Å². The van der Waals surface area contributed by atoms with Gasteiger partial charge in [0.1, 0.15) is 5.75 Å². The summed E-state index contributed by atoms with van der Waals surface area (Å²) in [6, 6.07) is 7.34. The van der Waals surface area contributed by atoms with Gasteiger partial charge in [-0.1, -0.05) is 6.07 Å². The normalized spacial score (nSPS) is 14.3. The Balaban J connectivity index is 1.38. The SMILES string of the molecule is CCn1cc(CN2CCc3nc(C(=O)Nc4cccc(OC)c4)sc3CC2)cn1. The summed E-state index contributed by atoms with van der Waals surface area (Å²) in [5, 5.41) is 7.80. The van der Waals surface area contributed by atoms with Crippen LogP contribution in [0.5, 0.6) is 5.75 Å². The van der Waals surface area contributed by atoms with E-state index >= 15 is 0 Å². The summed E-state index contributed by atoms with van der Waals surface area (Å²) >= 11 is 1.50. The number of thiazole rings is 1. The van der Waals surface area contributed by atoms with Crippen LogP contribution < -0.4 is 10.1 Å². The van der Waals surface area contributed by atoms with Gasteiger partial charge in [0, 0.05) is 61.0 Å². The van der Waals surface area contributed by atoms with Crippen LogP contribution in [0.2, 0.25) is 0 Å². The number of hydrogen-bond donors (Lipinski definition) is 1. The van der Waals surface area contributed by atoms with Crippen molar-refractivity contribution in [3.8, 4) is 5.75 Å². The molecule has 8 heteroatoms. The molecule has 0 atom stereocenters. The molecule has 2 aromatic heterocycles. The number of amides is 1. The van der Waals surface area contributed by atoms with Crippen molar-refractivity contribution in [3.05, 3.63) is 57.8 Å². The van der Waals surface area contributed by atoms with Crippen LogP contribution in [-0.4, -0.2) is 45.8 Å². The summed E-state index contributed by atoms with van der Waals surface area (Å²) < 4.78 is 7.17. The van der Waals surface area contributed by atoms with Crippen molar-refractivity contribution >= 4 is 22.9 Å². The van der Waals surface area contributed by atoms with Gasteiger partial charge in [-0.15, -0.1) is 11.3 Å². The van der Waals surface area contributed by atoms with E-state index in [1.807, 2.05) is 29.1 Å². The molecule has 29 heavy (non-hydrogen) atoms. The molecule has 1 aliphatic heterocycles. The third-order valence-electron chi connectivity index (χ3n) is 5.04. The summed E-state index contributed by atoms with van der Waals surface area (Å²) in [5.41, 5.74) is 3.00. The Morgan fingerprint density at radius 3 is 2.97 bits per heavy atom. The first-order valence-electron chi connectivity index (χ1n) is 9.82. The maximum atomic E-state index is 12.6. The van der Waals surface area contributed by atoms with Crippen molar-refractivity contribution in [2.75, 3.05) is 25.5 Å². The molecule has 7 nitrogen and oxygen atoms in total. The lowest BCUT2D eigenvalue weighted by atomic mass is 10.2. The third-order valence-corrected chi connectivity index (χ3v) is 6.19. The molecule has 0 radical (unpaired) electrons. The van der Waals surface area contributed by atoms with Gasteiger partial charge >= 0.3 is 0 Å². The van der Waals surface area contributed by atoms with Gasteiger partial charge in [0.15, 0.2) is 5.01 Å². The van der Waals surface area contributed by atoms with E-state index in [-0.39, 0.29) is 5.91 Å². The van der Waals surface area contributed by atoms with E-state index in [1.165, 1.54) is 21.8 Å². The zero-order valence-corrected chi connectivity index (χ0v) is 17.5. The van der Waals surface area contributed by atoms with Crippen molar-refractivity contribution in [2.24, 2.45) is 0 Å².